The lowest BCUT2D eigenvalue weighted by atomic mass is 10.1. The minimum Gasteiger partial charge on any atom is -0.461 e. The Balaban J connectivity index is 2.37. The summed E-state index contributed by atoms with van der Waals surface area (Å²) in [6.45, 7) is 3.80. The normalized spacial score (nSPS) is 12.2. The number of rotatable bonds is 4. The number of halogens is 1. The van der Waals surface area contributed by atoms with Crippen molar-refractivity contribution in [2.75, 3.05) is 6.61 Å². The van der Waals surface area contributed by atoms with Crippen LogP contribution < -0.4 is 0 Å². The van der Waals surface area contributed by atoms with Crippen LogP contribution >= 0.6 is 0 Å². The Bertz CT molecular complexity index is 566. The number of carbonyl (C=O) groups excluding carboxylic acids is 1. The molecule has 0 aliphatic carbocycles. The molecule has 1 atom stereocenters. The highest BCUT2D eigenvalue weighted by Crippen LogP contribution is 2.20. The fourth-order valence-electron chi connectivity index (χ4n) is 1.89. The van der Waals surface area contributed by atoms with E-state index in [4.69, 9.17) is 4.74 Å². The van der Waals surface area contributed by atoms with Gasteiger partial charge in [-0.2, -0.15) is 4.39 Å². The molecule has 0 spiro atoms. The lowest BCUT2D eigenvalue weighted by molar-refractivity contribution is 0.0510. The van der Waals surface area contributed by atoms with E-state index >= 15 is 0 Å². The van der Waals surface area contributed by atoms with E-state index in [1.54, 1.807) is 6.92 Å². The van der Waals surface area contributed by atoms with Gasteiger partial charge in [0, 0.05) is 6.07 Å². The van der Waals surface area contributed by atoms with Crippen molar-refractivity contribution in [2.45, 2.75) is 19.9 Å². The molecule has 1 aromatic heterocycles. The van der Waals surface area contributed by atoms with E-state index < -0.39 is 11.9 Å². The molecule has 0 N–H and O–H groups in total. The molecule has 100 valence electrons. The minimum atomic E-state index is -0.689. The van der Waals surface area contributed by atoms with E-state index in [9.17, 15) is 9.18 Å². The summed E-state index contributed by atoms with van der Waals surface area (Å²) in [5, 5.41) is 3.74. The molecule has 0 aliphatic heterocycles. The van der Waals surface area contributed by atoms with Crippen LogP contribution in [-0.2, 0) is 4.74 Å². The third kappa shape index (κ3) is 2.81. The molecule has 0 radical (unpaired) electrons. The molecule has 1 aromatic carbocycles. The Morgan fingerprint density at radius 2 is 2.11 bits per heavy atom. The van der Waals surface area contributed by atoms with Crippen molar-refractivity contribution in [3.05, 3.63) is 53.6 Å². The summed E-state index contributed by atoms with van der Waals surface area (Å²) in [6.07, 6.45) is 0. The number of esters is 1. The Labute approximate surface area is 110 Å². The smallest absolute Gasteiger partial charge is 0.356 e. The third-order valence-electron chi connectivity index (χ3n) is 2.84. The van der Waals surface area contributed by atoms with Crippen LogP contribution in [0, 0.1) is 5.95 Å². The van der Waals surface area contributed by atoms with E-state index in [0.717, 1.165) is 11.6 Å². The van der Waals surface area contributed by atoms with Crippen LogP contribution in [0.25, 0.3) is 0 Å². The molecule has 19 heavy (non-hydrogen) atoms. The van der Waals surface area contributed by atoms with Gasteiger partial charge in [0.1, 0.15) is 5.69 Å². The molecular weight excluding hydrogens is 247 g/mol. The maximum atomic E-state index is 13.3. The maximum Gasteiger partial charge on any atom is 0.356 e. The molecule has 0 amide bonds. The molecule has 0 bridgehead atoms. The van der Waals surface area contributed by atoms with E-state index in [-0.39, 0.29) is 18.3 Å². The van der Waals surface area contributed by atoms with Crippen LogP contribution in [-0.4, -0.2) is 22.4 Å². The van der Waals surface area contributed by atoms with Gasteiger partial charge in [0.15, 0.2) is 0 Å². The fraction of sp³-hybridized carbons (Fsp3) is 0.286. The van der Waals surface area contributed by atoms with Gasteiger partial charge in [0.25, 0.3) is 0 Å². The number of nitrogens with zero attached hydrogens (tertiary/aromatic N) is 2. The second-order valence-corrected chi connectivity index (χ2v) is 4.10. The molecular formula is C14H15FN2O2. The van der Waals surface area contributed by atoms with E-state index in [2.05, 4.69) is 5.10 Å². The first-order chi connectivity index (χ1) is 9.13. The van der Waals surface area contributed by atoms with Crippen molar-refractivity contribution < 1.29 is 13.9 Å². The summed E-state index contributed by atoms with van der Waals surface area (Å²) < 4.78 is 19.6. The summed E-state index contributed by atoms with van der Waals surface area (Å²) in [5.74, 6) is -1.26. The van der Waals surface area contributed by atoms with Crippen LogP contribution in [0.1, 0.15) is 35.9 Å². The zero-order valence-corrected chi connectivity index (χ0v) is 10.8. The Kier molecular flexibility index (Phi) is 3.94. The Morgan fingerprint density at radius 1 is 1.42 bits per heavy atom. The van der Waals surface area contributed by atoms with Gasteiger partial charge in [0.05, 0.1) is 12.6 Å². The number of hydrogen-bond acceptors (Lipinski definition) is 3. The first kappa shape index (κ1) is 13.3. The lowest BCUT2D eigenvalue weighted by Crippen LogP contribution is -2.17. The van der Waals surface area contributed by atoms with Crippen LogP contribution in [0.15, 0.2) is 36.4 Å². The molecule has 0 unspecified atom stereocenters. The van der Waals surface area contributed by atoms with Crippen molar-refractivity contribution in [1.82, 2.24) is 9.78 Å². The predicted octanol–water partition coefficient (Wildman–Crippen LogP) is 2.81. The molecule has 2 aromatic rings. The summed E-state index contributed by atoms with van der Waals surface area (Å²) in [4.78, 5) is 11.8. The SMILES string of the molecule is CCOC(=O)c1cc(F)nn1[C@H](C)c1ccccc1. The molecule has 5 heteroatoms. The molecule has 1 heterocycles. The van der Waals surface area contributed by atoms with Crippen molar-refractivity contribution in [1.29, 1.82) is 0 Å². The van der Waals surface area contributed by atoms with Crippen LogP contribution in [0.2, 0.25) is 0 Å². The minimum absolute atomic E-state index is 0.121. The number of hydrogen-bond donors (Lipinski definition) is 0. The molecule has 0 aliphatic rings. The highest BCUT2D eigenvalue weighted by atomic mass is 19.1. The second-order valence-electron chi connectivity index (χ2n) is 4.10. The summed E-state index contributed by atoms with van der Waals surface area (Å²) >= 11 is 0. The summed E-state index contributed by atoms with van der Waals surface area (Å²) in [7, 11) is 0. The molecule has 2 rings (SSSR count). The van der Waals surface area contributed by atoms with Crippen molar-refractivity contribution >= 4 is 5.97 Å². The van der Waals surface area contributed by atoms with E-state index in [1.807, 2.05) is 37.3 Å². The maximum absolute atomic E-state index is 13.3. The van der Waals surface area contributed by atoms with Gasteiger partial charge >= 0.3 is 5.97 Å². The van der Waals surface area contributed by atoms with E-state index in [1.165, 1.54) is 4.68 Å². The topological polar surface area (TPSA) is 44.1 Å². The largest absolute Gasteiger partial charge is 0.461 e. The standard InChI is InChI=1S/C14H15FN2O2/c1-3-19-14(18)12-9-13(15)16-17(12)10(2)11-7-5-4-6-8-11/h4-10H,3H2,1-2H3/t10-/m1/s1. The number of benzene rings is 1. The van der Waals surface area contributed by atoms with Gasteiger partial charge in [-0.3, -0.25) is 0 Å². The monoisotopic (exact) mass is 262 g/mol. The summed E-state index contributed by atoms with van der Waals surface area (Å²) in [5.41, 5.74) is 1.06. The first-order valence-electron chi connectivity index (χ1n) is 6.10. The Hall–Kier alpha value is -2.17. The summed E-state index contributed by atoms with van der Waals surface area (Å²) in [6, 6.07) is 10.3. The van der Waals surface area contributed by atoms with Gasteiger partial charge in [-0.15, -0.1) is 5.10 Å². The molecule has 0 fully saturated rings. The first-order valence-corrected chi connectivity index (χ1v) is 6.10. The Morgan fingerprint density at radius 3 is 2.74 bits per heavy atom. The van der Waals surface area contributed by atoms with Gasteiger partial charge in [0.2, 0.25) is 5.95 Å². The predicted molar refractivity (Wildman–Crippen MR) is 68.4 cm³/mol. The lowest BCUT2D eigenvalue weighted by Gasteiger charge is -2.15. The molecule has 0 saturated heterocycles. The van der Waals surface area contributed by atoms with Crippen molar-refractivity contribution in [3.8, 4) is 0 Å². The number of aromatic nitrogens is 2. The van der Waals surface area contributed by atoms with Gasteiger partial charge in [-0.05, 0) is 19.4 Å². The molecule has 0 saturated carbocycles. The van der Waals surface area contributed by atoms with Crippen molar-refractivity contribution in [2.24, 2.45) is 0 Å². The van der Waals surface area contributed by atoms with Crippen LogP contribution in [0.4, 0.5) is 4.39 Å². The van der Waals surface area contributed by atoms with Crippen LogP contribution in [0.5, 0.6) is 0 Å². The zero-order chi connectivity index (χ0) is 13.8. The van der Waals surface area contributed by atoms with Gasteiger partial charge in [-0.25, -0.2) is 9.48 Å². The zero-order valence-electron chi connectivity index (χ0n) is 10.8. The highest BCUT2D eigenvalue weighted by Gasteiger charge is 2.21. The third-order valence-corrected chi connectivity index (χ3v) is 2.84. The number of carbonyl (C=O) groups is 1. The van der Waals surface area contributed by atoms with Gasteiger partial charge in [-0.1, -0.05) is 30.3 Å². The van der Waals surface area contributed by atoms with Crippen LogP contribution in [0.3, 0.4) is 0 Å². The van der Waals surface area contributed by atoms with Crippen molar-refractivity contribution in [3.63, 3.8) is 0 Å². The highest BCUT2D eigenvalue weighted by molar-refractivity contribution is 5.87. The quantitative estimate of drug-likeness (QED) is 0.796. The average Bonchev–Trinajstić information content (AvgIpc) is 2.81. The van der Waals surface area contributed by atoms with E-state index in [0.29, 0.717) is 0 Å². The van der Waals surface area contributed by atoms with Gasteiger partial charge < -0.3 is 4.74 Å². The number of ether oxygens (including phenoxy) is 1. The molecule has 4 nitrogen and oxygen atoms in total. The second kappa shape index (κ2) is 5.65. The fourth-order valence-corrected chi connectivity index (χ4v) is 1.89. The average molecular weight is 262 g/mol.